The van der Waals surface area contributed by atoms with Gasteiger partial charge in [0.15, 0.2) is 0 Å². The number of methoxy groups -OCH3 is 2. The Bertz CT molecular complexity index is 1420. The second-order valence-corrected chi connectivity index (χ2v) is 8.23. The number of fused-ring (bicyclic) bond motifs is 1. The van der Waals surface area contributed by atoms with Gasteiger partial charge in [0.2, 0.25) is 0 Å². The standard InChI is InChI=1S/C27H22N2O7/c1-14-5-8-22(15(2)9-14)29-24(31)20-7-6-16(13-21(20)25(29)32)23(30)28-19-11-17(26(33)35-3)10-18(12-19)27(34)36-4/h5-13H,1-4H3,(H,28,30). The fourth-order valence-electron chi connectivity index (χ4n) is 4.03. The lowest BCUT2D eigenvalue weighted by Gasteiger charge is -2.16. The molecule has 3 aromatic carbocycles. The third-order valence-corrected chi connectivity index (χ3v) is 5.78. The second kappa shape index (κ2) is 9.46. The van der Waals surface area contributed by atoms with Crippen LogP contribution in [0.15, 0.2) is 54.6 Å². The second-order valence-electron chi connectivity index (χ2n) is 8.23. The van der Waals surface area contributed by atoms with E-state index in [1.54, 1.807) is 6.07 Å². The molecule has 1 aliphatic rings. The van der Waals surface area contributed by atoms with E-state index in [1.165, 1.54) is 50.6 Å². The Kier molecular flexibility index (Phi) is 6.39. The molecule has 0 bridgehead atoms. The van der Waals surface area contributed by atoms with E-state index < -0.39 is 29.7 Å². The summed E-state index contributed by atoms with van der Waals surface area (Å²) in [7, 11) is 2.38. The van der Waals surface area contributed by atoms with Crippen LogP contribution in [-0.4, -0.2) is 43.9 Å². The number of carbonyl (C=O) groups is 5. The first-order chi connectivity index (χ1) is 17.1. The van der Waals surface area contributed by atoms with Crippen LogP contribution in [0.2, 0.25) is 0 Å². The molecule has 0 spiro atoms. The number of hydrogen-bond donors (Lipinski definition) is 1. The molecule has 36 heavy (non-hydrogen) atoms. The van der Waals surface area contributed by atoms with E-state index in [4.69, 9.17) is 9.47 Å². The molecule has 0 radical (unpaired) electrons. The molecule has 0 atom stereocenters. The molecule has 0 aromatic heterocycles. The van der Waals surface area contributed by atoms with E-state index >= 15 is 0 Å². The van der Waals surface area contributed by atoms with Crippen LogP contribution < -0.4 is 10.2 Å². The summed E-state index contributed by atoms with van der Waals surface area (Å²) >= 11 is 0. The summed E-state index contributed by atoms with van der Waals surface area (Å²) in [6.07, 6.45) is 0. The number of aryl methyl sites for hydroxylation is 2. The van der Waals surface area contributed by atoms with Crippen molar-refractivity contribution in [2.75, 3.05) is 24.4 Å². The van der Waals surface area contributed by atoms with Crippen molar-refractivity contribution in [3.63, 3.8) is 0 Å². The molecule has 0 fully saturated rings. The van der Waals surface area contributed by atoms with Crippen LogP contribution in [-0.2, 0) is 9.47 Å². The van der Waals surface area contributed by atoms with Crippen molar-refractivity contribution in [1.29, 1.82) is 0 Å². The van der Waals surface area contributed by atoms with Crippen LogP contribution >= 0.6 is 0 Å². The van der Waals surface area contributed by atoms with Gasteiger partial charge in [-0.05, 0) is 61.9 Å². The Balaban J connectivity index is 1.65. The molecule has 182 valence electrons. The van der Waals surface area contributed by atoms with Gasteiger partial charge in [-0.25, -0.2) is 14.5 Å². The topological polar surface area (TPSA) is 119 Å². The van der Waals surface area contributed by atoms with Crippen LogP contribution in [0.5, 0.6) is 0 Å². The van der Waals surface area contributed by atoms with Crippen molar-refractivity contribution >= 4 is 41.0 Å². The summed E-state index contributed by atoms with van der Waals surface area (Å²) in [5.41, 5.74) is 2.87. The molecule has 0 unspecified atom stereocenters. The number of nitrogens with zero attached hydrogens (tertiary/aromatic N) is 1. The number of benzene rings is 3. The first kappa shape index (κ1) is 24.3. The summed E-state index contributed by atoms with van der Waals surface area (Å²) in [5, 5.41) is 2.61. The fraction of sp³-hybridized carbons (Fsp3) is 0.148. The lowest BCUT2D eigenvalue weighted by atomic mass is 10.0. The predicted octanol–water partition coefficient (Wildman–Crippen LogP) is 3.93. The third-order valence-electron chi connectivity index (χ3n) is 5.78. The number of carbonyl (C=O) groups excluding carboxylic acids is 5. The molecular weight excluding hydrogens is 464 g/mol. The zero-order chi connectivity index (χ0) is 26.1. The molecule has 1 aliphatic heterocycles. The molecule has 3 aromatic rings. The van der Waals surface area contributed by atoms with Crippen LogP contribution in [0.4, 0.5) is 11.4 Å². The number of hydrogen-bond acceptors (Lipinski definition) is 7. The Morgan fingerprint density at radius 2 is 1.33 bits per heavy atom. The molecule has 0 saturated heterocycles. The average molecular weight is 486 g/mol. The minimum Gasteiger partial charge on any atom is -0.465 e. The van der Waals surface area contributed by atoms with E-state index in [1.807, 2.05) is 26.0 Å². The Hall–Kier alpha value is -4.79. The highest BCUT2D eigenvalue weighted by molar-refractivity contribution is 6.35. The zero-order valence-electron chi connectivity index (χ0n) is 20.0. The first-order valence-electron chi connectivity index (χ1n) is 10.9. The molecule has 1 N–H and O–H groups in total. The molecule has 3 amide bonds. The van der Waals surface area contributed by atoms with Gasteiger partial charge in [-0.1, -0.05) is 17.7 Å². The molecular formula is C27H22N2O7. The van der Waals surface area contributed by atoms with Gasteiger partial charge in [-0.15, -0.1) is 0 Å². The molecule has 0 saturated carbocycles. The quantitative estimate of drug-likeness (QED) is 0.429. The van der Waals surface area contributed by atoms with Gasteiger partial charge in [-0.3, -0.25) is 14.4 Å². The largest absolute Gasteiger partial charge is 0.465 e. The average Bonchev–Trinajstić information content (AvgIpc) is 3.12. The molecule has 0 aliphatic carbocycles. The summed E-state index contributed by atoms with van der Waals surface area (Å²) in [6.45, 7) is 3.73. The SMILES string of the molecule is COC(=O)c1cc(NC(=O)c2ccc3c(c2)C(=O)N(c2ccc(C)cc2C)C3=O)cc(C(=O)OC)c1. The van der Waals surface area contributed by atoms with Crippen LogP contribution in [0, 0.1) is 13.8 Å². The highest BCUT2D eigenvalue weighted by Crippen LogP contribution is 2.31. The molecule has 1 heterocycles. The highest BCUT2D eigenvalue weighted by Gasteiger charge is 2.37. The summed E-state index contributed by atoms with van der Waals surface area (Å²) in [4.78, 5) is 64.3. The maximum absolute atomic E-state index is 13.2. The summed E-state index contributed by atoms with van der Waals surface area (Å²) in [5.74, 6) is -3.02. The molecule has 9 heteroatoms. The lowest BCUT2D eigenvalue weighted by molar-refractivity contribution is 0.0598. The van der Waals surface area contributed by atoms with Crippen molar-refractivity contribution in [1.82, 2.24) is 0 Å². The van der Waals surface area contributed by atoms with Gasteiger partial charge in [0.1, 0.15) is 0 Å². The van der Waals surface area contributed by atoms with Gasteiger partial charge in [0.05, 0.1) is 42.2 Å². The molecule has 4 rings (SSSR count). The zero-order valence-corrected chi connectivity index (χ0v) is 20.0. The number of anilines is 2. The minimum atomic E-state index is -0.704. The van der Waals surface area contributed by atoms with Gasteiger partial charge in [0, 0.05) is 11.3 Å². The number of amides is 3. The van der Waals surface area contributed by atoms with Gasteiger partial charge < -0.3 is 14.8 Å². The Morgan fingerprint density at radius 1 is 0.722 bits per heavy atom. The normalized spacial score (nSPS) is 12.3. The van der Waals surface area contributed by atoms with E-state index in [0.29, 0.717) is 5.69 Å². The van der Waals surface area contributed by atoms with Crippen molar-refractivity contribution in [2.45, 2.75) is 13.8 Å². The smallest absolute Gasteiger partial charge is 0.337 e. The third kappa shape index (κ3) is 4.34. The van der Waals surface area contributed by atoms with Gasteiger partial charge in [0.25, 0.3) is 17.7 Å². The highest BCUT2D eigenvalue weighted by atomic mass is 16.5. The van der Waals surface area contributed by atoms with Crippen molar-refractivity contribution < 1.29 is 33.4 Å². The molecule has 9 nitrogen and oxygen atoms in total. The minimum absolute atomic E-state index is 0.0366. The van der Waals surface area contributed by atoms with Crippen molar-refractivity contribution in [2.24, 2.45) is 0 Å². The Morgan fingerprint density at radius 3 is 1.92 bits per heavy atom. The summed E-state index contributed by atoms with van der Waals surface area (Å²) in [6, 6.07) is 13.6. The lowest BCUT2D eigenvalue weighted by Crippen LogP contribution is -2.30. The van der Waals surface area contributed by atoms with Gasteiger partial charge >= 0.3 is 11.9 Å². The number of rotatable bonds is 5. The van der Waals surface area contributed by atoms with Crippen LogP contribution in [0.1, 0.15) is 62.9 Å². The van der Waals surface area contributed by atoms with E-state index in [9.17, 15) is 24.0 Å². The Labute approximate surface area is 206 Å². The van der Waals surface area contributed by atoms with E-state index in [0.717, 1.165) is 16.0 Å². The van der Waals surface area contributed by atoms with Crippen molar-refractivity contribution in [3.8, 4) is 0 Å². The number of imide groups is 1. The van der Waals surface area contributed by atoms with E-state index in [-0.39, 0.29) is 33.5 Å². The monoisotopic (exact) mass is 486 g/mol. The van der Waals surface area contributed by atoms with Crippen LogP contribution in [0.3, 0.4) is 0 Å². The van der Waals surface area contributed by atoms with Crippen molar-refractivity contribution in [3.05, 3.63) is 93.5 Å². The number of esters is 2. The maximum Gasteiger partial charge on any atom is 0.337 e. The fourth-order valence-corrected chi connectivity index (χ4v) is 4.03. The number of nitrogens with one attached hydrogen (secondary N) is 1. The van der Waals surface area contributed by atoms with E-state index in [2.05, 4.69) is 5.32 Å². The first-order valence-corrected chi connectivity index (χ1v) is 10.9. The maximum atomic E-state index is 13.2. The number of ether oxygens (including phenoxy) is 2. The van der Waals surface area contributed by atoms with Crippen LogP contribution in [0.25, 0.3) is 0 Å². The summed E-state index contributed by atoms with van der Waals surface area (Å²) < 4.78 is 9.41. The van der Waals surface area contributed by atoms with Gasteiger partial charge in [-0.2, -0.15) is 0 Å². The predicted molar refractivity (Wildman–Crippen MR) is 131 cm³/mol.